The van der Waals surface area contributed by atoms with Gasteiger partial charge in [-0.1, -0.05) is 12.1 Å². The molecule has 0 saturated carbocycles. The second-order valence-corrected chi connectivity index (χ2v) is 6.05. The Morgan fingerprint density at radius 3 is 2.59 bits per heavy atom. The maximum Gasteiger partial charge on any atom is 0.308 e. The van der Waals surface area contributed by atoms with E-state index < -0.39 is 5.97 Å². The Hall–Kier alpha value is -4.20. The van der Waals surface area contributed by atoms with Gasteiger partial charge >= 0.3 is 5.97 Å². The molecule has 29 heavy (non-hydrogen) atoms. The van der Waals surface area contributed by atoms with Crippen molar-refractivity contribution in [1.29, 1.82) is 0 Å². The number of amides is 1. The number of hydrogen-bond donors (Lipinski definition) is 1. The molecule has 2 aromatic heterocycles. The van der Waals surface area contributed by atoms with Crippen molar-refractivity contribution in [3.63, 3.8) is 0 Å². The first-order valence-electron chi connectivity index (χ1n) is 8.66. The first-order chi connectivity index (χ1) is 14.1. The van der Waals surface area contributed by atoms with E-state index in [1.54, 1.807) is 54.6 Å². The summed E-state index contributed by atoms with van der Waals surface area (Å²) in [4.78, 5) is 23.6. The van der Waals surface area contributed by atoms with E-state index in [1.807, 2.05) is 0 Å². The van der Waals surface area contributed by atoms with Gasteiger partial charge in [-0.25, -0.2) is 0 Å². The maximum atomic E-state index is 12.5. The van der Waals surface area contributed by atoms with Crippen LogP contribution in [0.5, 0.6) is 5.75 Å². The van der Waals surface area contributed by atoms with E-state index in [9.17, 15) is 9.59 Å². The number of aromatic nitrogens is 2. The van der Waals surface area contributed by atoms with Crippen molar-refractivity contribution in [1.82, 2.24) is 10.2 Å². The van der Waals surface area contributed by atoms with Crippen molar-refractivity contribution >= 4 is 17.6 Å². The summed E-state index contributed by atoms with van der Waals surface area (Å²) < 4.78 is 15.9. The van der Waals surface area contributed by atoms with Crippen molar-refractivity contribution < 1.29 is 23.2 Å². The Morgan fingerprint density at radius 2 is 1.79 bits per heavy atom. The number of nitrogens with one attached hydrogen (secondary N) is 1. The van der Waals surface area contributed by atoms with Gasteiger partial charge in [-0.3, -0.25) is 9.59 Å². The quantitative estimate of drug-likeness (QED) is 0.403. The van der Waals surface area contributed by atoms with Gasteiger partial charge in [0.1, 0.15) is 5.75 Å². The molecular formula is C21H15N3O5. The van der Waals surface area contributed by atoms with Crippen LogP contribution >= 0.6 is 0 Å². The van der Waals surface area contributed by atoms with Crippen molar-refractivity contribution in [2.45, 2.75) is 6.92 Å². The van der Waals surface area contributed by atoms with E-state index in [1.165, 1.54) is 19.3 Å². The molecule has 0 aliphatic carbocycles. The highest BCUT2D eigenvalue weighted by Crippen LogP contribution is 2.26. The number of nitrogens with zero attached hydrogens (tertiary/aromatic N) is 2. The van der Waals surface area contributed by atoms with Crippen molar-refractivity contribution in [3.05, 3.63) is 72.5 Å². The summed E-state index contributed by atoms with van der Waals surface area (Å²) >= 11 is 0. The van der Waals surface area contributed by atoms with Gasteiger partial charge in [-0.2, -0.15) is 0 Å². The fourth-order valence-corrected chi connectivity index (χ4v) is 2.64. The van der Waals surface area contributed by atoms with Gasteiger partial charge in [-0.05, 0) is 48.5 Å². The highest BCUT2D eigenvalue weighted by atomic mass is 16.5. The summed E-state index contributed by atoms with van der Waals surface area (Å²) in [6.45, 7) is 1.30. The molecule has 8 heteroatoms. The summed E-state index contributed by atoms with van der Waals surface area (Å²) in [5.41, 5.74) is 1.54. The minimum atomic E-state index is -0.455. The molecule has 0 radical (unpaired) electrons. The average molecular weight is 389 g/mol. The van der Waals surface area contributed by atoms with E-state index in [2.05, 4.69) is 15.5 Å². The number of carbonyl (C=O) groups excluding carboxylic acids is 2. The molecular weight excluding hydrogens is 374 g/mol. The van der Waals surface area contributed by atoms with Gasteiger partial charge in [0, 0.05) is 23.7 Å². The Labute approximate surface area is 165 Å². The zero-order valence-electron chi connectivity index (χ0n) is 15.3. The zero-order valence-corrected chi connectivity index (χ0v) is 15.3. The Bertz CT molecular complexity index is 1160. The van der Waals surface area contributed by atoms with Crippen LogP contribution in [0.2, 0.25) is 0 Å². The molecule has 0 aliphatic heterocycles. The number of carbonyl (C=O) groups is 2. The molecule has 1 amide bonds. The highest BCUT2D eigenvalue weighted by Gasteiger charge is 2.14. The standard InChI is InChI=1S/C21H15N3O5/c1-13(25)28-17-8-3-5-14(12-17)19(26)22-16-7-2-6-15(11-16)20-23-24-21(29-20)18-9-4-10-27-18/h2-12H,1H3,(H,22,26). The summed E-state index contributed by atoms with van der Waals surface area (Å²) in [7, 11) is 0. The van der Waals surface area contributed by atoms with Gasteiger partial charge in [-0.15, -0.1) is 10.2 Å². The molecule has 8 nitrogen and oxygen atoms in total. The van der Waals surface area contributed by atoms with Crippen molar-refractivity contribution in [2.24, 2.45) is 0 Å². The van der Waals surface area contributed by atoms with Crippen molar-refractivity contribution in [2.75, 3.05) is 5.32 Å². The molecule has 2 aromatic carbocycles. The normalized spacial score (nSPS) is 10.5. The number of anilines is 1. The van der Waals surface area contributed by atoms with Crippen LogP contribution in [0.1, 0.15) is 17.3 Å². The summed E-state index contributed by atoms with van der Waals surface area (Å²) in [6.07, 6.45) is 1.52. The van der Waals surface area contributed by atoms with E-state index in [4.69, 9.17) is 13.6 Å². The monoisotopic (exact) mass is 389 g/mol. The summed E-state index contributed by atoms with van der Waals surface area (Å²) in [5.74, 6) is 0.531. The predicted octanol–water partition coefficient (Wildman–Crippen LogP) is 4.17. The SMILES string of the molecule is CC(=O)Oc1cccc(C(=O)Nc2cccc(-c3nnc(-c4ccco4)o3)c2)c1. The molecule has 0 bridgehead atoms. The van der Waals surface area contributed by atoms with E-state index in [-0.39, 0.29) is 11.8 Å². The molecule has 0 aliphatic rings. The Balaban J connectivity index is 1.52. The van der Waals surface area contributed by atoms with Gasteiger partial charge in [0.2, 0.25) is 5.89 Å². The molecule has 0 fully saturated rings. The topological polar surface area (TPSA) is 107 Å². The molecule has 2 heterocycles. The van der Waals surface area contributed by atoms with Crippen LogP contribution in [0.4, 0.5) is 5.69 Å². The Morgan fingerprint density at radius 1 is 0.966 bits per heavy atom. The van der Waals surface area contributed by atoms with E-state index in [0.717, 1.165) is 0 Å². The number of benzene rings is 2. The summed E-state index contributed by atoms with van der Waals surface area (Å²) in [6, 6.07) is 16.8. The molecule has 1 N–H and O–H groups in total. The lowest BCUT2D eigenvalue weighted by molar-refractivity contribution is -0.131. The van der Waals surface area contributed by atoms with Crippen LogP contribution in [-0.2, 0) is 4.79 Å². The first kappa shape index (κ1) is 18.2. The fraction of sp³-hybridized carbons (Fsp3) is 0.0476. The molecule has 0 atom stereocenters. The third kappa shape index (κ3) is 4.22. The summed E-state index contributed by atoms with van der Waals surface area (Å²) in [5, 5.41) is 10.8. The molecule has 144 valence electrons. The third-order valence-electron chi connectivity index (χ3n) is 3.88. The minimum absolute atomic E-state index is 0.265. The number of furan rings is 1. The van der Waals surface area contributed by atoms with E-state index in [0.29, 0.717) is 34.2 Å². The molecule has 0 spiro atoms. The van der Waals surface area contributed by atoms with Crippen molar-refractivity contribution in [3.8, 4) is 28.9 Å². The lowest BCUT2D eigenvalue weighted by Gasteiger charge is -2.07. The second-order valence-electron chi connectivity index (χ2n) is 6.05. The predicted molar refractivity (Wildman–Crippen MR) is 103 cm³/mol. The van der Waals surface area contributed by atoms with Gasteiger partial charge < -0.3 is 18.9 Å². The van der Waals surface area contributed by atoms with E-state index >= 15 is 0 Å². The maximum absolute atomic E-state index is 12.5. The fourth-order valence-electron chi connectivity index (χ4n) is 2.64. The van der Waals surface area contributed by atoms with Gasteiger partial charge in [0.15, 0.2) is 5.76 Å². The number of rotatable bonds is 5. The lowest BCUT2D eigenvalue weighted by Crippen LogP contribution is -2.12. The molecule has 0 unspecified atom stereocenters. The molecule has 4 rings (SSSR count). The van der Waals surface area contributed by atoms with Crippen LogP contribution in [-0.4, -0.2) is 22.1 Å². The average Bonchev–Trinajstić information content (AvgIpc) is 3.40. The zero-order chi connectivity index (χ0) is 20.2. The third-order valence-corrected chi connectivity index (χ3v) is 3.88. The second kappa shape index (κ2) is 7.81. The molecule has 4 aromatic rings. The number of esters is 1. The number of hydrogen-bond acceptors (Lipinski definition) is 7. The lowest BCUT2D eigenvalue weighted by atomic mass is 10.1. The largest absolute Gasteiger partial charge is 0.459 e. The van der Waals surface area contributed by atoms with Crippen LogP contribution < -0.4 is 10.1 Å². The first-order valence-corrected chi connectivity index (χ1v) is 8.66. The highest BCUT2D eigenvalue weighted by molar-refractivity contribution is 6.04. The van der Waals surface area contributed by atoms with Crippen LogP contribution in [0.15, 0.2) is 75.8 Å². The van der Waals surface area contributed by atoms with Crippen LogP contribution in [0.25, 0.3) is 23.1 Å². The van der Waals surface area contributed by atoms with Crippen LogP contribution in [0.3, 0.4) is 0 Å². The number of ether oxygens (including phenoxy) is 1. The molecule has 0 saturated heterocycles. The smallest absolute Gasteiger partial charge is 0.308 e. The Kier molecular flexibility index (Phi) is 4.90. The minimum Gasteiger partial charge on any atom is -0.459 e. The van der Waals surface area contributed by atoms with Gasteiger partial charge in [0.25, 0.3) is 11.8 Å². The van der Waals surface area contributed by atoms with Gasteiger partial charge in [0.05, 0.1) is 6.26 Å². The van der Waals surface area contributed by atoms with Crippen LogP contribution in [0, 0.1) is 0 Å².